The van der Waals surface area contributed by atoms with E-state index in [1.165, 1.54) is 5.56 Å². The van der Waals surface area contributed by atoms with E-state index >= 15 is 0 Å². The second-order valence-electron chi connectivity index (χ2n) is 4.39. The van der Waals surface area contributed by atoms with Crippen LogP contribution in [-0.2, 0) is 9.53 Å². The Morgan fingerprint density at radius 2 is 1.89 bits per heavy atom. The third-order valence-electron chi connectivity index (χ3n) is 1.61. The van der Waals surface area contributed by atoms with Gasteiger partial charge in [0.1, 0.15) is 5.60 Å². The zero-order valence-corrected chi connectivity index (χ0v) is 11.0. The summed E-state index contributed by atoms with van der Waals surface area (Å²) in [6.45, 7) is 8.83. The highest BCUT2D eigenvalue weighted by Crippen LogP contribution is 2.05. The monoisotopic (exact) mass is 246 g/mol. The number of nitrogens with zero attached hydrogens (tertiary/aromatic N) is 2. The number of benzene rings is 1. The van der Waals surface area contributed by atoms with Crippen molar-refractivity contribution in [2.45, 2.75) is 26.4 Å². The molecule has 0 radical (unpaired) electrons. The summed E-state index contributed by atoms with van der Waals surface area (Å²) in [4.78, 5) is 13.0. The molecule has 0 spiro atoms. The van der Waals surface area contributed by atoms with Crippen molar-refractivity contribution in [1.29, 1.82) is 0 Å². The molecular formula is C14H18N2O2. The number of hydrogen-bond acceptors (Lipinski definition) is 2. The molecule has 96 valence electrons. The van der Waals surface area contributed by atoms with Gasteiger partial charge in [-0.3, -0.25) is 0 Å². The minimum atomic E-state index is -0.644. The fourth-order valence-electron chi connectivity index (χ4n) is 0.964. The van der Waals surface area contributed by atoms with Gasteiger partial charge < -0.3 is 10.3 Å². The van der Waals surface area contributed by atoms with Crippen molar-refractivity contribution in [3.8, 4) is 0 Å². The van der Waals surface area contributed by atoms with Crippen molar-refractivity contribution < 1.29 is 14.3 Å². The highest BCUT2D eigenvalue weighted by atomic mass is 16.6. The van der Waals surface area contributed by atoms with E-state index in [2.05, 4.69) is 11.4 Å². The average molecular weight is 246 g/mol. The number of rotatable bonds is 2. The topological polar surface area (TPSA) is 62.7 Å². The number of ether oxygens (including phenoxy) is 1. The fraction of sp³-hybridized carbons (Fsp3) is 0.286. The van der Waals surface area contributed by atoms with E-state index < -0.39 is 11.6 Å². The van der Waals surface area contributed by atoms with E-state index in [9.17, 15) is 4.79 Å². The molecule has 1 aromatic rings. The molecule has 0 aromatic heterocycles. The standard InChI is InChI=1S/C8H8.C6H10N2O2/c1-2-8-6-4-3-5-7-8;1-6(2,3)10-5(9)4-8-7/h2-7H,1H2;4H,1-3H3. The first-order valence-electron chi connectivity index (χ1n) is 5.47. The Balaban J connectivity index is 0.000000327. The molecule has 0 N–H and O–H groups in total. The van der Waals surface area contributed by atoms with Gasteiger partial charge in [-0.05, 0) is 26.3 Å². The van der Waals surface area contributed by atoms with Crippen LogP contribution in [0.1, 0.15) is 26.3 Å². The third kappa shape index (κ3) is 9.07. The molecule has 0 bridgehead atoms. The van der Waals surface area contributed by atoms with Crippen LogP contribution in [0.5, 0.6) is 0 Å². The molecule has 0 atom stereocenters. The van der Waals surface area contributed by atoms with Crippen LogP contribution < -0.4 is 0 Å². The average Bonchev–Trinajstić information content (AvgIpc) is 2.29. The predicted octanol–water partition coefficient (Wildman–Crippen LogP) is 2.96. The summed E-state index contributed by atoms with van der Waals surface area (Å²) in [7, 11) is 0. The van der Waals surface area contributed by atoms with Crippen molar-refractivity contribution >= 4 is 18.3 Å². The second kappa shape index (κ2) is 7.98. The van der Waals surface area contributed by atoms with E-state index in [1.54, 1.807) is 20.8 Å². The molecule has 1 rings (SSSR count). The van der Waals surface area contributed by atoms with Gasteiger partial charge in [0.15, 0.2) is 0 Å². The lowest BCUT2D eigenvalue weighted by molar-refractivity contribution is -0.149. The highest BCUT2D eigenvalue weighted by molar-refractivity contribution is 6.20. The Morgan fingerprint density at radius 3 is 2.22 bits per heavy atom. The van der Waals surface area contributed by atoms with Crippen molar-refractivity contribution in [3.05, 3.63) is 48.0 Å². The summed E-state index contributed by atoms with van der Waals surface area (Å²) in [5.41, 5.74) is 8.55. The minimum absolute atomic E-state index is 0.529. The Bertz CT molecular complexity index is 427. The first-order valence-corrected chi connectivity index (χ1v) is 5.47. The van der Waals surface area contributed by atoms with Crippen LogP contribution in [0.4, 0.5) is 0 Å². The number of esters is 1. The van der Waals surface area contributed by atoms with Crippen LogP contribution in [0.25, 0.3) is 11.6 Å². The summed E-state index contributed by atoms with van der Waals surface area (Å²) in [6, 6.07) is 10.0. The summed E-state index contributed by atoms with van der Waals surface area (Å²) in [5.74, 6) is -0.644. The van der Waals surface area contributed by atoms with Crippen LogP contribution in [0.3, 0.4) is 0 Å². The van der Waals surface area contributed by atoms with E-state index in [0.717, 1.165) is 0 Å². The lowest BCUT2D eigenvalue weighted by atomic mass is 10.2. The Morgan fingerprint density at radius 1 is 1.33 bits per heavy atom. The zero-order valence-electron chi connectivity index (χ0n) is 11.0. The van der Waals surface area contributed by atoms with Crippen molar-refractivity contribution in [3.63, 3.8) is 0 Å². The molecule has 0 amide bonds. The number of hydrogen-bond donors (Lipinski definition) is 0. The van der Waals surface area contributed by atoms with E-state index in [-0.39, 0.29) is 0 Å². The molecule has 1 aromatic carbocycles. The van der Waals surface area contributed by atoms with Gasteiger partial charge in [-0.1, -0.05) is 43.0 Å². The fourth-order valence-corrected chi connectivity index (χ4v) is 0.964. The molecule has 0 aliphatic carbocycles. The van der Waals surface area contributed by atoms with Gasteiger partial charge in [-0.25, -0.2) is 4.79 Å². The Hall–Kier alpha value is -2.19. The summed E-state index contributed by atoms with van der Waals surface area (Å²) in [6.07, 6.45) is 2.55. The molecular weight excluding hydrogens is 228 g/mol. The molecule has 0 aliphatic heterocycles. The molecule has 4 nitrogen and oxygen atoms in total. The first kappa shape index (κ1) is 15.8. The van der Waals surface area contributed by atoms with Gasteiger partial charge in [0.05, 0.1) is 0 Å². The smallest absolute Gasteiger partial charge is 0.414 e. The molecule has 0 heterocycles. The molecule has 4 heteroatoms. The quantitative estimate of drug-likeness (QED) is 0.348. The molecule has 0 unspecified atom stereocenters. The zero-order chi connectivity index (χ0) is 14.0. The predicted molar refractivity (Wildman–Crippen MR) is 72.1 cm³/mol. The van der Waals surface area contributed by atoms with Gasteiger partial charge in [-0.15, -0.1) is 0 Å². The largest absolute Gasteiger partial charge is 0.452 e. The summed E-state index contributed by atoms with van der Waals surface area (Å²) >= 11 is 0. The van der Waals surface area contributed by atoms with Crippen molar-refractivity contribution in [2.75, 3.05) is 0 Å². The molecule has 0 saturated heterocycles. The maximum atomic E-state index is 10.5. The van der Waals surface area contributed by atoms with Crippen LogP contribution >= 0.6 is 0 Å². The van der Waals surface area contributed by atoms with E-state index in [1.807, 2.05) is 36.4 Å². The lowest BCUT2D eigenvalue weighted by Crippen LogP contribution is -2.24. The lowest BCUT2D eigenvalue weighted by Gasteiger charge is -2.16. The molecule has 0 fully saturated rings. The van der Waals surface area contributed by atoms with Gasteiger partial charge in [0.25, 0.3) is 0 Å². The van der Waals surface area contributed by atoms with Crippen LogP contribution in [0.15, 0.2) is 36.9 Å². The second-order valence-corrected chi connectivity index (χ2v) is 4.39. The third-order valence-corrected chi connectivity index (χ3v) is 1.61. The first-order chi connectivity index (χ1) is 8.39. The van der Waals surface area contributed by atoms with Crippen LogP contribution in [0.2, 0.25) is 0 Å². The van der Waals surface area contributed by atoms with Gasteiger partial charge in [0, 0.05) is 0 Å². The maximum absolute atomic E-state index is 10.5. The highest BCUT2D eigenvalue weighted by Gasteiger charge is 2.16. The maximum Gasteiger partial charge on any atom is 0.414 e. The Labute approximate surface area is 108 Å². The van der Waals surface area contributed by atoms with Crippen LogP contribution in [-0.4, -0.2) is 22.6 Å². The van der Waals surface area contributed by atoms with Crippen molar-refractivity contribution in [1.82, 2.24) is 0 Å². The van der Waals surface area contributed by atoms with Crippen LogP contribution in [0, 0.1) is 0 Å². The molecule has 0 saturated carbocycles. The van der Waals surface area contributed by atoms with Crippen molar-refractivity contribution in [2.24, 2.45) is 0 Å². The number of carbonyl (C=O) groups is 1. The summed E-state index contributed by atoms with van der Waals surface area (Å²) in [5, 5.41) is 0. The van der Waals surface area contributed by atoms with E-state index in [0.29, 0.717) is 6.21 Å². The minimum Gasteiger partial charge on any atom is -0.452 e. The SMILES string of the molecule is C=Cc1ccccc1.CC(C)(C)OC(=O)C=[N+]=[N-]. The van der Waals surface area contributed by atoms with Gasteiger partial charge >= 0.3 is 12.2 Å². The van der Waals surface area contributed by atoms with Gasteiger partial charge in [-0.2, -0.15) is 4.79 Å². The normalized spacial score (nSPS) is 9.28. The Kier molecular flexibility index (Phi) is 7.01. The number of carbonyl (C=O) groups excluding carboxylic acids is 1. The van der Waals surface area contributed by atoms with Gasteiger partial charge in [0.2, 0.25) is 0 Å². The summed E-state index contributed by atoms with van der Waals surface area (Å²) < 4.78 is 4.73. The molecule has 18 heavy (non-hydrogen) atoms. The van der Waals surface area contributed by atoms with E-state index in [4.69, 9.17) is 10.3 Å². The molecule has 0 aliphatic rings.